The van der Waals surface area contributed by atoms with Gasteiger partial charge in [-0.1, -0.05) is 26.0 Å². The molecule has 1 aromatic rings. The van der Waals surface area contributed by atoms with Crippen LogP contribution in [0.25, 0.3) is 0 Å². The van der Waals surface area contributed by atoms with Gasteiger partial charge in [0.2, 0.25) is 0 Å². The summed E-state index contributed by atoms with van der Waals surface area (Å²) < 4.78 is 5.64. The van der Waals surface area contributed by atoms with Crippen molar-refractivity contribution in [1.29, 1.82) is 0 Å². The van der Waals surface area contributed by atoms with Gasteiger partial charge in [0.15, 0.2) is 0 Å². The van der Waals surface area contributed by atoms with Crippen LogP contribution in [0.1, 0.15) is 27.7 Å². The van der Waals surface area contributed by atoms with E-state index in [9.17, 15) is 5.02 Å². The lowest BCUT2D eigenvalue weighted by Gasteiger charge is -2.31. The SMILES string of the molecule is CC(C)C(C)(C)OB(O)c1cccc(N)c1. The van der Waals surface area contributed by atoms with Crippen molar-refractivity contribution < 1.29 is 9.68 Å². The molecule has 1 aromatic carbocycles. The molecule has 0 heterocycles. The summed E-state index contributed by atoms with van der Waals surface area (Å²) in [6.45, 7) is 8.05. The van der Waals surface area contributed by atoms with Gasteiger partial charge in [0.05, 0.1) is 5.60 Å². The molecule has 16 heavy (non-hydrogen) atoms. The maximum absolute atomic E-state index is 9.95. The van der Waals surface area contributed by atoms with Crippen molar-refractivity contribution in [3.63, 3.8) is 0 Å². The fourth-order valence-corrected chi connectivity index (χ4v) is 1.20. The largest absolute Gasteiger partial charge is 0.491 e. The van der Waals surface area contributed by atoms with Crippen LogP contribution < -0.4 is 11.2 Å². The van der Waals surface area contributed by atoms with Gasteiger partial charge in [-0.2, -0.15) is 0 Å². The van der Waals surface area contributed by atoms with Crippen LogP contribution >= 0.6 is 0 Å². The first-order valence-corrected chi connectivity index (χ1v) is 5.54. The Kier molecular flexibility index (Phi) is 4.00. The molecule has 3 N–H and O–H groups in total. The van der Waals surface area contributed by atoms with Crippen molar-refractivity contribution in [3.05, 3.63) is 24.3 Å². The number of hydrogen-bond donors (Lipinski definition) is 2. The summed E-state index contributed by atoms with van der Waals surface area (Å²) in [5.41, 5.74) is 6.60. The van der Waals surface area contributed by atoms with Gasteiger partial charge < -0.3 is 15.4 Å². The fraction of sp³-hybridized carbons (Fsp3) is 0.500. The Morgan fingerprint density at radius 1 is 1.38 bits per heavy atom. The molecule has 0 aromatic heterocycles. The Labute approximate surface area is 97.8 Å². The summed E-state index contributed by atoms with van der Waals surface area (Å²) in [6, 6.07) is 7.11. The highest BCUT2D eigenvalue weighted by molar-refractivity contribution is 6.60. The summed E-state index contributed by atoms with van der Waals surface area (Å²) in [5.74, 6) is 0.322. The van der Waals surface area contributed by atoms with E-state index in [4.69, 9.17) is 10.4 Å². The normalized spacial score (nSPS) is 11.9. The van der Waals surface area contributed by atoms with Crippen LogP contribution in [-0.4, -0.2) is 17.7 Å². The maximum Gasteiger partial charge on any atom is 0.491 e. The van der Waals surface area contributed by atoms with E-state index in [1.807, 2.05) is 13.8 Å². The zero-order valence-electron chi connectivity index (χ0n) is 10.4. The lowest BCUT2D eigenvalue weighted by molar-refractivity contribution is 0.0423. The van der Waals surface area contributed by atoms with Gasteiger partial charge in [-0.3, -0.25) is 0 Å². The van der Waals surface area contributed by atoms with Crippen LogP contribution in [0, 0.1) is 5.92 Å². The summed E-state index contributed by atoms with van der Waals surface area (Å²) in [4.78, 5) is 0. The topological polar surface area (TPSA) is 55.5 Å². The monoisotopic (exact) mass is 221 g/mol. The Morgan fingerprint density at radius 2 is 2.00 bits per heavy atom. The number of nitrogens with two attached hydrogens (primary N) is 1. The minimum Gasteiger partial charge on any atom is -0.423 e. The minimum absolute atomic E-state index is 0.322. The van der Waals surface area contributed by atoms with Crippen LogP contribution in [-0.2, 0) is 4.65 Å². The first-order chi connectivity index (χ1) is 7.33. The summed E-state index contributed by atoms with van der Waals surface area (Å²) in [7, 11) is -0.930. The molecule has 0 fully saturated rings. The van der Waals surface area contributed by atoms with Crippen molar-refractivity contribution in [1.82, 2.24) is 0 Å². The molecule has 0 aliphatic rings. The Morgan fingerprint density at radius 3 is 2.50 bits per heavy atom. The van der Waals surface area contributed by atoms with E-state index < -0.39 is 7.12 Å². The van der Waals surface area contributed by atoms with E-state index in [-0.39, 0.29) is 5.60 Å². The molecule has 0 bridgehead atoms. The summed E-state index contributed by atoms with van der Waals surface area (Å²) in [6.07, 6.45) is 0. The van der Waals surface area contributed by atoms with Gasteiger partial charge in [-0.15, -0.1) is 0 Å². The molecule has 0 amide bonds. The van der Waals surface area contributed by atoms with E-state index in [0.717, 1.165) is 0 Å². The van der Waals surface area contributed by atoms with E-state index in [0.29, 0.717) is 17.1 Å². The molecular weight excluding hydrogens is 201 g/mol. The van der Waals surface area contributed by atoms with Gasteiger partial charge in [0.25, 0.3) is 0 Å². The lowest BCUT2D eigenvalue weighted by Crippen LogP contribution is -2.44. The standard InChI is InChI=1S/C12H20BNO2/c1-9(2)12(3,4)16-13(15)10-6-5-7-11(14)8-10/h5-9,15H,14H2,1-4H3. The third-order valence-electron chi connectivity index (χ3n) is 3.00. The molecule has 4 heteroatoms. The molecule has 0 radical (unpaired) electrons. The van der Waals surface area contributed by atoms with Crippen molar-refractivity contribution >= 4 is 18.3 Å². The first-order valence-electron chi connectivity index (χ1n) is 5.54. The summed E-state index contributed by atoms with van der Waals surface area (Å²) in [5, 5.41) is 9.95. The zero-order valence-corrected chi connectivity index (χ0v) is 10.4. The number of benzene rings is 1. The highest BCUT2D eigenvalue weighted by atomic mass is 16.5. The van der Waals surface area contributed by atoms with Crippen LogP contribution in [0.4, 0.5) is 5.69 Å². The van der Waals surface area contributed by atoms with Crippen molar-refractivity contribution in [3.8, 4) is 0 Å². The van der Waals surface area contributed by atoms with Gasteiger partial charge in [-0.05, 0) is 37.4 Å². The van der Waals surface area contributed by atoms with Crippen molar-refractivity contribution in [2.75, 3.05) is 5.73 Å². The molecule has 3 nitrogen and oxygen atoms in total. The molecule has 88 valence electrons. The Bertz CT molecular complexity index is 353. The van der Waals surface area contributed by atoms with Crippen LogP contribution in [0.2, 0.25) is 0 Å². The van der Waals surface area contributed by atoms with Crippen LogP contribution in [0.3, 0.4) is 0 Å². The highest BCUT2D eigenvalue weighted by Gasteiger charge is 2.30. The van der Waals surface area contributed by atoms with Crippen molar-refractivity contribution in [2.24, 2.45) is 5.92 Å². The number of rotatable bonds is 4. The van der Waals surface area contributed by atoms with E-state index >= 15 is 0 Å². The predicted octanol–water partition coefficient (Wildman–Crippen LogP) is 1.41. The molecule has 0 aliphatic heterocycles. The zero-order chi connectivity index (χ0) is 12.3. The second-order valence-corrected chi connectivity index (χ2v) is 4.90. The number of hydrogen-bond acceptors (Lipinski definition) is 3. The van der Waals surface area contributed by atoms with E-state index in [1.54, 1.807) is 24.3 Å². The third-order valence-corrected chi connectivity index (χ3v) is 3.00. The molecular formula is C12H20BNO2. The molecule has 1 rings (SSSR count). The average molecular weight is 221 g/mol. The second-order valence-electron chi connectivity index (χ2n) is 4.90. The van der Waals surface area contributed by atoms with E-state index in [1.165, 1.54) is 0 Å². The molecule has 0 atom stereocenters. The Hall–Kier alpha value is -0.995. The van der Waals surface area contributed by atoms with Crippen molar-refractivity contribution in [2.45, 2.75) is 33.3 Å². The molecule has 0 saturated heterocycles. The average Bonchev–Trinajstić information content (AvgIpc) is 2.16. The van der Waals surface area contributed by atoms with Gasteiger partial charge >= 0.3 is 7.12 Å². The van der Waals surface area contributed by atoms with E-state index in [2.05, 4.69) is 13.8 Å². The third kappa shape index (κ3) is 3.25. The molecule has 0 spiro atoms. The Balaban J connectivity index is 2.76. The van der Waals surface area contributed by atoms with Gasteiger partial charge in [0.1, 0.15) is 0 Å². The van der Waals surface area contributed by atoms with Crippen LogP contribution in [0.15, 0.2) is 24.3 Å². The number of anilines is 1. The first kappa shape index (κ1) is 13.1. The quantitative estimate of drug-likeness (QED) is 0.597. The molecule has 0 saturated carbocycles. The highest BCUT2D eigenvalue weighted by Crippen LogP contribution is 2.20. The lowest BCUT2D eigenvalue weighted by atomic mass is 9.77. The second kappa shape index (κ2) is 4.89. The van der Waals surface area contributed by atoms with Crippen LogP contribution in [0.5, 0.6) is 0 Å². The molecule has 0 aliphatic carbocycles. The molecule has 0 unspecified atom stereocenters. The minimum atomic E-state index is -0.930. The number of nitrogen functional groups attached to an aromatic ring is 1. The predicted molar refractivity (Wildman–Crippen MR) is 68.5 cm³/mol. The maximum atomic E-state index is 9.95. The van der Waals surface area contributed by atoms with Gasteiger partial charge in [-0.25, -0.2) is 0 Å². The van der Waals surface area contributed by atoms with Gasteiger partial charge in [0, 0.05) is 5.69 Å². The summed E-state index contributed by atoms with van der Waals surface area (Å²) >= 11 is 0. The smallest absolute Gasteiger partial charge is 0.423 e. The fourth-order valence-electron chi connectivity index (χ4n) is 1.20.